The number of hydrogen-bond donors (Lipinski definition) is 0. The average Bonchev–Trinajstić information content (AvgIpc) is 2.48. The minimum atomic E-state index is -0.271. The molecular formula is C14H10BrNO4. The van der Waals surface area contributed by atoms with Crippen molar-refractivity contribution in [2.45, 2.75) is 0 Å². The third kappa shape index (κ3) is 1.92. The zero-order valence-corrected chi connectivity index (χ0v) is 12.4. The Kier molecular flexibility index (Phi) is 3.10. The van der Waals surface area contributed by atoms with Crippen molar-refractivity contribution < 1.29 is 13.9 Å². The molecule has 5 nitrogen and oxygen atoms in total. The summed E-state index contributed by atoms with van der Waals surface area (Å²) in [6.45, 7) is 0. The molecule has 0 bridgehead atoms. The van der Waals surface area contributed by atoms with Crippen LogP contribution in [-0.4, -0.2) is 19.2 Å². The first-order valence-electron chi connectivity index (χ1n) is 5.79. The van der Waals surface area contributed by atoms with Gasteiger partial charge in [0.15, 0.2) is 17.1 Å². The summed E-state index contributed by atoms with van der Waals surface area (Å²) in [5.74, 6) is 1.27. The van der Waals surface area contributed by atoms with Crippen molar-refractivity contribution in [2.24, 2.45) is 0 Å². The molecule has 6 heteroatoms. The first kappa shape index (κ1) is 12.9. The third-order valence-corrected chi connectivity index (χ3v) is 3.68. The van der Waals surface area contributed by atoms with Gasteiger partial charge in [0.2, 0.25) is 5.43 Å². The Balaban J connectivity index is 2.39. The van der Waals surface area contributed by atoms with E-state index in [9.17, 15) is 4.79 Å². The van der Waals surface area contributed by atoms with E-state index in [4.69, 9.17) is 13.9 Å². The molecule has 0 radical (unpaired) electrons. The molecule has 0 saturated heterocycles. The van der Waals surface area contributed by atoms with E-state index in [2.05, 4.69) is 20.9 Å². The predicted octanol–water partition coefficient (Wildman–Crippen LogP) is 3.07. The number of fused-ring (bicyclic) bond motifs is 2. The Morgan fingerprint density at radius 2 is 2.00 bits per heavy atom. The van der Waals surface area contributed by atoms with Gasteiger partial charge in [-0.2, -0.15) is 0 Å². The SMILES string of the molecule is COc1ccc2nc3cc(OC)c(=O)c(Br)c-3oc2c1. The first-order valence-corrected chi connectivity index (χ1v) is 6.58. The van der Waals surface area contributed by atoms with Crippen LogP contribution in [0.4, 0.5) is 0 Å². The molecule has 0 aromatic heterocycles. The number of nitrogens with zero attached hydrogens (tertiary/aromatic N) is 1. The number of aromatic nitrogens is 1. The zero-order valence-electron chi connectivity index (χ0n) is 10.8. The number of ether oxygens (including phenoxy) is 2. The Labute approximate surface area is 122 Å². The van der Waals surface area contributed by atoms with Crippen LogP contribution in [0.5, 0.6) is 11.5 Å². The maximum absolute atomic E-state index is 12.0. The lowest BCUT2D eigenvalue weighted by Crippen LogP contribution is -2.09. The molecule has 3 rings (SSSR count). The summed E-state index contributed by atoms with van der Waals surface area (Å²) >= 11 is 3.24. The van der Waals surface area contributed by atoms with E-state index in [0.29, 0.717) is 32.8 Å². The first-order chi connectivity index (χ1) is 9.63. The van der Waals surface area contributed by atoms with E-state index in [-0.39, 0.29) is 11.2 Å². The average molecular weight is 336 g/mol. The summed E-state index contributed by atoms with van der Waals surface area (Å²) in [5, 5.41) is 0. The summed E-state index contributed by atoms with van der Waals surface area (Å²) in [7, 11) is 3.02. The normalized spacial score (nSPS) is 10.9. The number of halogens is 1. The van der Waals surface area contributed by atoms with E-state index < -0.39 is 0 Å². The van der Waals surface area contributed by atoms with E-state index in [0.717, 1.165) is 0 Å². The highest BCUT2D eigenvalue weighted by atomic mass is 79.9. The Morgan fingerprint density at radius 3 is 2.70 bits per heavy atom. The molecule has 0 fully saturated rings. The molecule has 0 spiro atoms. The Bertz CT molecular complexity index is 827. The van der Waals surface area contributed by atoms with Crippen molar-refractivity contribution in [3.63, 3.8) is 0 Å². The van der Waals surface area contributed by atoms with Crippen LogP contribution >= 0.6 is 15.9 Å². The van der Waals surface area contributed by atoms with Crippen molar-refractivity contribution in [1.29, 1.82) is 0 Å². The van der Waals surface area contributed by atoms with E-state index in [1.54, 1.807) is 31.4 Å². The van der Waals surface area contributed by atoms with Crippen molar-refractivity contribution >= 4 is 27.0 Å². The largest absolute Gasteiger partial charge is 0.497 e. The molecule has 0 amide bonds. The highest BCUT2D eigenvalue weighted by Gasteiger charge is 2.19. The quantitative estimate of drug-likeness (QED) is 0.673. The second-order valence-corrected chi connectivity index (χ2v) is 4.91. The Hall–Kier alpha value is -2.08. The maximum atomic E-state index is 12.0. The molecule has 1 aromatic rings. The monoisotopic (exact) mass is 335 g/mol. The lowest BCUT2D eigenvalue weighted by molar-refractivity contribution is 0.409. The molecule has 0 atom stereocenters. The minimum Gasteiger partial charge on any atom is -0.497 e. The molecule has 1 aliphatic heterocycles. The highest BCUT2D eigenvalue weighted by Crippen LogP contribution is 2.33. The fourth-order valence-electron chi connectivity index (χ4n) is 1.95. The van der Waals surface area contributed by atoms with Crippen LogP contribution in [0.25, 0.3) is 22.6 Å². The van der Waals surface area contributed by atoms with Gasteiger partial charge in [-0.15, -0.1) is 0 Å². The van der Waals surface area contributed by atoms with Gasteiger partial charge in [-0.3, -0.25) is 4.79 Å². The topological polar surface area (TPSA) is 61.6 Å². The van der Waals surface area contributed by atoms with Crippen molar-refractivity contribution in [2.75, 3.05) is 14.2 Å². The standard InChI is InChI=1S/C14H10BrNO4/c1-18-7-3-4-8-10(5-7)20-14-9(16-8)6-11(19-2)13(17)12(14)15/h3-6H,1-2H3. The van der Waals surface area contributed by atoms with Crippen molar-refractivity contribution in [1.82, 2.24) is 4.98 Å². The van der Waals surface area contributed by atoms with Gasteiger partial charge in [0.25, 0.3) is 0 Å². The molecule has 2 aliphatic rings. The summed E-state index contributed by atoms with van der Waals surface area (Å²) in [4.78, 5) is 16.5. The molecule has 1 aliphatic carbocycles. The number of rotatable bonds is 2. The lowest BCUT2D eigenvalue weighted by atomic mass is 10.2. The fraction of sp³-hybridized carbons (Fsp3) is 0.143. The summed E-state index contributed by atoms with van der Waals surface area (Å²) in [6, 6.07) is 6.88. The number of hydrogen-bond acceptors (Lipinski definition) is 5. The summed E-state index contributed by atoms with van der Waals surface area (Å²) in [5.41, 5.74) is 1.49. The molecule has 0 unspecified atom stereocenters. The van der Waals surface area contributed by atoms with Crippen molar-refractivity contribution in [3.8, 4) is 23.0 Å². The van der Waals surface area contributed by atoms with Crippen molar-refractivity contribution in [3.05, 3.63) is 39.0 Å². The van der Waals surface area contributed by atoms with Gasteiger partial charge in [-0.1, -0.05) is 0 Å². The van der Waals surface area contributed by atoms with Crippen LogP contribution in [0, 0.1) is 0 Å². The molecule has 1 heterocycles. The van der Waals surface area contributed by atoms with Crippen LogP contribution in [0.3, 0.4) is 0 Å². The lowest BCUT2D eigenvalue weighted by Gasteiger charge is -2.10. The molecule has 0 N–H and O–H groups in total. The van der Waals surface area contributed by atoms with E-state index in [1.165, 1.54) is 7.11 Å². The second-order valence-electron chi connectivity index (χ2n) is 4.12. The van der Waals surface area contributed by atoms with Gasteiger partial charge in [0.1, 0.15) is 21.4 Å². The van der Waals surface area contributed by atoms with Crippen LogP contribution in [0.15, 0.2) is 37.9 Å². The van der Waals surface area contributed by atoms with Gasteiger partial charge in [0.05, 0.1) is 14.2 Å². The van der Waals surface area contributed by atoms with E-state index >= 15 is 0 Å². The zero-order chi connectivity index (χ0) is 14.3. The van der Waals surface area contributed by atoms with Crippen LogP contribution in [0.1, 0.15) is 0 Å². The van der Waals surface area contributed by atoms with Gasteiger partial charge in [0, 0.05) is 12.1 Å². The molecule has 102 valence electrons. The molecule has 0 saturated carbocycles. The Morgan fingerprint density at radius 1 is 1.20 bits per heavy atom. The van der Waals surface area contributed by atoms with E-state index in [1.807, 2.05) is 0 Å². The maximum Gasteiger partial charge on any atom is 0.238 e. The number of benzene rings is 2. The third-order valence-electron chi connectivity index (χ3n) is 2.96. The van der Waals surface area contributed by atoms with Gasteiger partial charge < -0.3 is 13.9 Å². The summed E-state index contributed by atoms with van der Waals surface area (Å²) < 4.78 is 16.2. The predicted molar refractivity (Wildman–Crippen MR) is 77.7 cm³/mol. The number of methoxy groups -OCH3 is 2. The summed E-state index contributed by atoms with van der Waals surface area (Å²) in [6.07, 6.45) is 0. The smallest absolute Gasteiger partial charge is 0.238 e. The highest BCUT2D eigenvalue weighted by molar-refractivity contribution is 9.10. The molecule has 1 aromatic carbocycles. The second kappa shape index (κ2) is 4.79. The van der Waals surface area contributed by atoms with Crippen LogP contribution in [0.2, 0.25) is 0 Å². The minimum absolute atomic E-state index is 0.222. The molecular weight excluding hydrogens is 326 g/mol. The fourth-order valence-corrected chi connectivity index (χ4v) is 2.43. The van der Waals surface area contributed by atoms with Gasteiger partial charge in [-0.05, 0) is 28.1 Å². The molecule has 20 heavy (non-hydrogen) atoms. The van der Waals surface area contributed by atoms with Crippen LogP contribution < -0.4 is 14.9 Å². The van der Waals surface area contributed by atoms with Crippen LogP contribution in [-0.2, 0) is 0 Å². The van der Waals surface area contributed by atoms with Gasteiger partial charge in [-0.25, -0.2) is 4.98 Å². The van der Waals surface area contributed by atoms with Gasteiger partial charge >= 0.3 is 0 Å².